The monoisotopic (exact) mass is 439 g/mol. The normalized spacial score (nSPS) is 11.0. The van der Waals surface area contributed by atoms with Crippen LogP contribution in [0.15, 0.2) is 72.4 Å². The van der Waals surface area contributed by atoms with E-state index in [9.17, 15) is 23.5 Å². The van der Waals surface area contributed by atoms with Crippen molar-refractivity contribution in [2.24, 2.45) is 0 Å². The summed E-state index contributed by atoms with van der Waals surface area (Å²) in [5, 5.41) is 11.5. The van der Waals surface area contributed by atoms with Crippen molar-refractivity contribution in [2.75, 3.05) is 7.11 Å². The van der Waals surface area contributed by atoms with E-state index in [-0.39, 0.29) is 0 Å². The van der Waals surface area contributed by atoms with E-state index < -0.39 is 34.8 Å². The van der Waals surface area contributed by atoms with Gasteiger partial charge in [-0.3, -0.25) is 4.79 Å². The number of ether oxygens (including phenoxy) is 2. The Morgan fingerprint density at radius 1 is 1.00 bits per heavy atom. The Labute approximate surface area is 182 Å². The average Bonchev–Trinajstić information content (AvgIpc) is 2.78. The summed E-state index contributed by atoms with van der Waals surface area (Å²) in [5.41, 5.74) is 0.442. The van der Waals surface area contributed by atoms with Gasteiger partial charge in [0.1, 0.15) is 35.4 Å². The number of aliphatic carboxylic acids is 1. The van der Waals surface area contributed by atoms with E-state index in [1.165, 1.54) is 6.08 Å². The van der Waals surface area contributed by atoms with Crippen LogP contribution in [-0.2, 0) is 11.4 Å². The van der Waals surface area contributed by atoms with Gasteiger partial charge in [-0.2, -0.15) is 0 Å². The molecule has 0 saturated carbocycles. The Hall–Kier alpha value is -4.20. The first-order valence-corrected chi connectivity index (χ1v) is 9.43. The molecule has 8 heteroatoms. The van der Waals surface area contributed by atoms with E-state index in [1.54, 1.807) is 31.4 Å². The predicted molar refractivity (Wildman–Crippen MR) is 113 cm³/mol. The topological polar surface area (TPSA) is 84.9 Å². The summed E-state index contributed by atoms with van der Waals surface area (Å²) in [6, 6.07) is 16.3. The van der Waals surface area contributed by atoms with Gasteiger partial charge < -0.3 is 19.9 Å². The van der Waals surface area contributed by atoms with Gasteiger partial charge in [0, 0.05) is 6.07 Å². The van der Waals surface area contributed by atoms with Crippen LogP contribution in [0.2, 0.25) is 0 Å². The number of amides is 1. The highest BCUT2D eigenvalue weighted by Crippen LogP contribution is 2.18. The van der Waals surface area contributed by atoms with Crippen LogP contribution < -0.4 is 14.8 Å². The number of rotatable bonds is 8. The molecule has 0 fully saturated rings. The second kappa shape index (κ2) is 10.2. The van der Waals surface area contributed by atoms with Crippen molar-refractivity contribution in [2.45, 2.75) is 6.61 Å². The summed E-state index contributed by atoms with van der Waals surface area (Å²) < 4.78 is 37.7. The molecule has 3 aromatic rings. The number of carboxylic acids is 1. The number of nitrogens with one attached hydrogen (secondary N) is 1. The van der Waals surface area contributed by atoms with Gasteiger partial charge in [-0.05, 0) is 53.6 Å². The fourth-order valence-electron chi connectivity index (χ4n) is 2.77. The zero-order chi connectivity index (χ0) is 23.1. The maximum Gasteiger partial charge on any atom is 0.352 e. The molecule has 3 rings (SSSR count). The first kappa shape index (κ1) is 22.5. The molecular formula is C24H19F2NO5. The second-order valence-corrected chi connectivity index (χ2v) is 6.65. The molecule has 0 bridgehead atoms. The Morgan fingerprint density at radius 2 is 1.75 bits per heavy atom. The van der Waals surface area contributed by atoms with Crippen LogP contribution in [0, 0.1) is 11.6 Å². The molecule has 164 valence electrons. The van der Waals surface area contributed by atoms with Gasteiger partial charge in [0.05, 0.1) is 12.7 Å². The highest BCUT2D eigenvalue weighted by molar-refractivity contribution is 6.02. The van der Waals surface area contributed by atoms with Crippen molar-refractivity contribution in [1.29, 1.82) is 0 Å². The number of benzene rings is 3. The molecule has 2 N–H and O–H groups in total. The molecule has 0 saturated heterocycles. The van der Waals surface area contributed by atoms with Crippen LogP contribution in [0.5, 0.6) is 11.5 Å². The lowest BCUT2D eigenvalue weighted by Gasteiger charge is -2.09. The molecule has 0 spiro atoms. The smallest absolute Gasteiger partial charge is 0.352 e. The summed E-state index contributed by atoms with van der Waals surface area (Å²) in [5.74, 6) is -3.09. The molecule has 0 heterocycles. The van der Waals surface area contributed by atoms with Gasteiger partial charge in [-0.1, -0.05) is 24.3 Å². The average molecular weight is 439 g/mol. The van der Waals surface area contributed by atoms with Crippen molar-refractivity contribution in [3.63, 3.8) is 0 Å². The molecule has 0 aliphatic rings. The van der Waals surface area contributed by atoms with Gasteiger partial charge in [0.2, 0.25) is 0 Å². The molecule has 32 heavy (non-hydrogen) atoms. The standard InChI is InChI=1S/C24H19F2NO5/c1-31-19-4-2-3-16(11-19)14-32-18-8-5-15(6-9-18)12-22(24(29)30)27-23(28)20-10-7-17(25)13-21(20)26/h2-13H,14H2,1H3,(H,27,28)(H,29,30)/b22-12-. The van der Waals surface area contributed by atoms with Gasteiger partial charge in [0.15, 0.2) is 0 Å². The first-order valence-electron chi connectivity index (χ1n) is 9.43. The Kier molecular flexibility index (Phi) is 7.17. The lowest BCUT2D eigenvalue weighted by Crippen LogP contribution is -2.28. The molecular weight excluding hydrogens is 420 g/mol. The van der Waals surface area contributed by atoms with Crippen LogP contribution in [0.3, 0.4) is 0 Å². The van der Waals surface area contributed by atoms with E-state index >= 15 is 0 Å². The van der Waals surface area contributed by atoms with Crippen LogP contribution >= 0.6 is 0 Å². The van der Waals surface area contributed by atoms with E-state index in [2.05, 4.69) is 5.32 Å². The Morgan fingerprint density at radius 3 is 2.41 bits per heavy atom. The zero-order valence-corrected chi connectivity index (χ0v) is 17.0. The number of hydrogen-bond acceptors (Lipinski definition) is 4. The molecule has 0 aliphatic carbocycles. The van der Waals surface area contributed by atoms with E-state index in [0.717, 1.165) is 23.4 Å². The van der Waals surface area contributed by atoms with Crippen molar-refractivity contribution >= 4 is 18.0 Å². The quantitative estimate of drug-likeness (QED) is 0.508. The van der Waals surface area contributed by atoms with Gasteiger partial charge in [-0.25, -0.2) is 13.6 Å². The fraction of sp³-hybridized carbons (Fsp3) is 0.0833. The summed E-state index contributed by atoms with van der Waals surface area (Å²) in [6.07, 6.45) is 1.22. The van der Waals surface area contributed by atoms with Gasteiger partial charge in [0.25, 0.3) is 5.91 Å². The lowest BCUT2D eigenvalue weighted by molar-refractivity contribution is -0.132. The van der Waals surface area contributed by atoms with Crippen molar-refractivity contribution < 1.29 is 33.0 Å². The predicted octanol–water partition coefficient (Wildman–Crippen LogP) is 4.41. The number of carbonyl (C=O) groups excluding carboxylic acids is 1. The third kappa shape index (κ3) is 5.91. The van der Waals surface area contributed by atoms with Crippen LogP contribution in [0.1, 0.15) is 21.5 Å². The molecule has 1 amide bonds. The third-order valence-electron chi connectivity index (χ3n) is 4.39. The summed E-state index contributed by atoms with van der Waals surface area (Å²) in [7, 11) is 1.58. The molecule has 0 aromatic heterocycles. The Bertz CT molecular complexity index is 1160. The number of carboxylic acid groups (broad SMARTS) is 1. The van der Waals surface area contributed by atoms with E-state index in [1.807, 2.05) is 24.3 Å². The SMILES string of the molecule is COc1cccc(COc2ccc(/C=C(\NC(=O)c3ccc(F)cc3F)C(=O)O)cc2)c1. The summed E-state index contributed by atoms with van der Waals surface area (Å²) in [4.78, 5) is 23.7. The van der Waals surface area contributed by atoms with E-state index in [4.69, 9.17) is 9.47 Å². The van der Waals surface area contributed by atoms with E-state index in [0.29, 0.717) is 24.0 Å². The zero-order valence-electron chi connectivity index (χ0n) is 17.0. The van der Waals surface area contributed by atoms with Gasteiger partial charge >= 0.3 is 5.97 Å². The Balaban J connectivity index is 1.69. The van der Waals surface area contributed by atoms with Gasteiger partial charge in [-0.15, -0.1) is 0 Å². The van der Waals surface area contributed by atoms with Crippen LogP contribution in [0.25, 0.3) is 6.08 Å². The molecule has 0 aliphatic heterocycles. The third-order valence-corrected chi connectivity index (χ3v) is 4.39. The van der Waals surface area contributed by atoms with Crippen LogP contribution in [0.4, 0.5) is 8.78 Å². The summed E-state index contributed by atoms with van der Waals surface area (Å²) >= 11 is 0. The largest absolute Gasteiger partial charge is 0.497 e. The molecule has 0 atom stereocenters. The minimum atomic E-state index is -1.42. The highest BCUT2D eigenvalue weighted by atomic mass is 19.1. The number of hydrogen-bond donors (Lipinski definition) is 2. The molecule has 0 radical (unpaired) electrons. The van der Waals surface area contributed by atoms with Crippen LogP contribution in [-0.4, -0.2) is 24.1 Å². The molecule has 6 nitrogen and oxygen atoms in total. The fourth-order valence-corrected chi connectivity index (χ4v) is 2.77. The molecule has 0 unspecified atom stereocenters. The number of carbonyl (C=O) groups is 2. The minimum absolute atomic E-state index is 0.312. The lowest BCUT2D eigenvalue weighted by atomic mass is 10.1. The number of methoxy groups -OCH3 is 1. The second-order valence-electron chi connectivity index (χ2n) is 6.65. The number of halogens is 2. The van der Waals surface area contributed by atoms with Crippen molar-refractivity contribution in [3.05, 3.63) is 101 Å². The highest BCUT2D eigenvalue weighted by Gasteiger charge is 2.17. The maximum atomic E-state index is 13.8. The maximum absolute atomic E-state index is 13.8. The van der Waals surface area contributed by atoms with Crippen molar-refractivity contribution in [1.82, 2.24) is 5.32 Å². The van der Waals surface area contributed by atoms with Crippen molar-refractivity contribution in [3.8, 4) is 11.5 Å². The molecule has 3 aromatic carbocycles. The minimum Gasteiger partial charge on any atom is -0.497 e. The summed E-state index contributed by atoms with van der Waals surface area (Å²) in [6.45, 7) is 0.312. The first-order chi connectivity index (χ1) is 15.4.